The molecule has 11 nitrogen and oxygen atoms in total. The molecule has 4 atom stereocenters. The van der Waals surface area contributed by atoms with Crippen molar-refractivity contribution < 1.29 is 25.3 Å². The number of nitrogen functional groups attached to an aromatic ring is 1. The predicted octanol–water partition coefficient (Wildman–Crippen LogP) is -1.52. The van der Waals surface area contributed by atoms with Gasteiger partial charge in [-0.1, -0.05) is 5.16 Å². The van der Waals surface area contributed by atoms with Crippen molar-refractivity contribution in [2.45, 2.75) is 24.5 Å². The van der Waals surface area contributed by atoms with E-state index in [0.29, 0.717) is 0 Å². The summed E-state index contributed by atoms with van der Waals surface area (Å²) in [6.07, 6.45) is -3.48. The summed E-state index contributed by atoms with van der Waals surface area (Å²) < 4.78 is 7.17. The van der Waals surface area contributed by atoms with E-state index in [0.717, 1.165) is 0 Å². The standard InChI is InChI=1S/C12H15BrN6O5/c13-8-4(10(15)18-23)5-9(14)16-2-17-11(5)19(8)12-7(22)6(21)3(1-20)24-12/h2-3,6-7,12,20-23H,1H2,(H2,15,18)(H2,14,16,17). The highest BCUT2D eigenvalue weighted by Gasteiger charge is 2.45. The average Bonchev–Trinajstić information content (AvgIpc) is 3.02. The first kappa shape index (κ1) is 16.9. The Labute approximate surface area is 143 Å². The number of rotatable bonds is 3. The van der Waals surface area contributed by atoms with Gasteiger partial charge in [-0.2, -0.15) is 0 Å². The Balaban J connectivity index is 2.27. The number of halogens is 1. The van der Waals surface area contributed by atoms with Crippen LogP contribution in [0.25, 0.3) is 11.0 Å². The molecule has 12 heteroatoms. The monoisotopic (exact) mass is 402 g/mol. The van der Waals surface area contributed by atoms with Gasteiger partial charge < -0.3 is 36.7 Å². The fourth-order valence-electron chi connectivity index (χ4n) is 2.74. The largest absolute Gasteiger partial charge is 0.409 e. The zero-order valence-electron chi connectivity index (χ0n) is 12.1. The number of hydrogen-bond acceptors (Lipinski definition) is 9. The molecule has 1 aliphatic heterocycles. The van der Waals surface area contributed by atoms with Crippen molar-refractivity contribution in [2.75, 3.05) is 12.3 Å². The van der Waals surface area contributed by atoms with Crippen LogP contribution < -0.4 is 11.5 Å². The highest BCUT2D eigenvalue weighted by molar-refractivity contribution is 9.10. The normalized spacial score (nSPS) is 27.9. The summed E-state index contributed by atoms with van der Waals surface area (Å²) >= 11 is 3.30. The van der Waals surface area contributed by atoms with Crippen LogP contribution in [-0.2, 0) is 4.74 Å². The van der Waals surface area contributed by atoms with Gasteiger partial charge in [0, 0.05) is 0 Å². The van der Waals surface area contributed by atoms with Crippen LogP contribution in [-0.4, -0.2) is 65.8 Å². The maximum absolute atomic E-state index is 10.3. The number of nitrogens with two attached hydrogens (primary N) is 2. The molecule has 1 fully saturated rings. The molecule has 1 saturated heterocycles. The summed E-state index contributed by atoms with van der Waals surface area (Å²) in [4.78, 5) is 7.99. The lowest BCUT2D eigenvalue weighted by atomic mass is 10.1. The van der Waals surface area contributed by atoms with Crippen molar-refractivity contribution in [3.63, 3.8) is 0 Å². The van der Waals surface area contributed by atoms with E-state index in [-0.39, 0.29) is 32.9 Å². The summed E-state index contributed by atoms with van der Waals surface area (Å²) in [5.41, 5.74) is 12.0. The fraction of sp³-hybridized carbons (Fsp3) is 0.417. The molecule has 0 saturated carbocycles. The summed E-state index contributed by atoms with van der Waals surface area (Å²) in [5, 5.41) is 41.7. The lowest BCUT2D eigenvalue weighted by Gasteiger charge is -2.18. The fourth-order valence-corrected chi connectivity index (χ4v) is 3.51. The molecule has 0 aromatic carbocycles. The Morgan fingerprint density at radius 1 is 1.38 bits per heavy atom. The highest BCUT2D eigenvalue weighted by Crippen LogP contribution is 2.39. The average molecular weight is 403 g/mol. The molecule has 130 valence electrons. The molecule has 1 aliphatic rings. The lowest BCUT2D eigenvalue weighted by Crippen LogP contribution is -2.33. The quantitative estimate of drug-likeness (QED) is 0.153. The van der Waals surface area contributed by atoms with Crippen LogP contribution in [0.4, 0.5) is 5.82 Å². The molecule has 0 spiro atoms. The van der Waals surface area contributed by atoms with E-state index in [9.17, 15) is 15.3 Å². The van der Waals surface area contributed by atoms with Gasteiger partial charge >= 0.3 is 0 Å². The van der Waals surface area contributed by atoms with Crippen molar-refractivity contribution >= 4 is 38.6 Å². The summed E-state index contributed by atoms with van der Waals surface area (Å²) in [7, 11) is 0. The molecule has 3 heterocycles. The number of oxime groups is 1. The van der Waals surface area contributed by atoms with E-state index in [4.69, 9.17) is 21.4 Å². The molecule has 4 unspecified atom stereocenters. The third-order valence-corrected chi connectivity index (χ3v) is 4.67. The minimum atomic E-state index is -1.34. The van der Waals surface area contributed by atoms with Crippen molar-refractivity contribution in [3.05, 3.63) is 16.5 Å². The minimum absolute atomic E-state index is 0.0767. The van der Waals surface area contributed by atoms with E-state index in [1.807, 2.05) is 0 Å². The number of aromatic nitrogens is 3. The number of nitrogens with zero attached hydrogens (tertiary/aromatic N) is 4. The summed E-state index contributed by atoms with van der Waals surface area (Å²) in [6.45, 7) is -0.476. The first-order valence-electron chi connectivity index (χ1n) is 6.82. The molecule has 24 heavy (non-hydrogen) atoms. The molecular formula is C12H15BrN6O5. The smallest absolute Gasteiger partial charge is 0.173 e. The topological polar surface area (TPSA) is 185 Å². The van der Waals surface area contributed by atoms with E-state index in [1.54, 1.807) is 0 Å². The summed E-state index contributed by atoms with van der Waals surface area (Å²) in [5.74, 6) is -0.174. The molecule has 3 rings (SSSR count). The van der Waals surface area contributed by atoms with Gasteiger partial charge in [-0.25, -0.2) is 9.97 Å². The second-order valence-corrected chi connectivity index (χ2v) is 5.96. The maximum atomic E-state index is 10.3. The van der Waals surface area contributed by atoms with Crippen LogP contribution in [0.3, 0.4) is 0 Å². The minimum Gasteiger partial charge on any atom is -0.409 e. The molecule has 0 bridgehead atoms. The molecule has 0 radical (unpaired) electrons. The van der Waals surface area contributed by atoms with E-state index >= 15 is 0 Å². The van der Waals surface area contributed by atoms with Crippen molar-refractivity contribution in [3.8, 4) is 0 Å². The second-order valence-electron chi connectivity index (χ2n) is 5.21. The van der Waals surface area contributed by atoms with Gasteiger partial charge in [0.05, 0.1) is 17.6 Å². The molecule has 0 aliphatic carbocycles. The lowest BCUT2D eigenvalue weighted by molar-refractivity contribution is -0.0518. The van der Waals surface area contributed by atoms with E-state index < -0.39 is 31.1 Å². The summed E-state index contributed by atoms with van der Waals surface area (Å²) in [6, 6.07) is 0. The van der Waals surface area contributed by atoms with Crippen LogP contribution in [0.1, 0.15) is 11.8 Å². The van der Waals surface area contributed by atoms with Crippen LogP contribution in [0.5, 0.6) is 0 Å². The molecule has 8 N–H and O–H groups in total. The Morgan fingerprint density at radius 3 is 2.67 bits per heavy atom. The van der Waals surface area contributed by atoms with Crippen molar-refractivity contribution in [1.82, 2.24) is 14.5 Å². The number of aliphatic hydroxyl groups excluding tert-OH is 3. The first-order valence-corrected chi connectivity index (χ1v) is 7.61. The number of fused-ring (bicyclic) bond motifs is 1. The first-order chi connectivity index (χ1) is 11.4. The number of amidine groups is 1. The number of ether oxygens (including phenoxy) is 1. The molecule has 2 aromatic rings. The van der Waals surface area contributed by atoms with Gasteiger partial charge in [0.1, 0.15) is 40.7 Å². The third kappa shape index (κ3) is 2.31. The van der Waals surface area contributed by atoms with Gasteiger partial charge in [0.2, 0.25) is 0 Å². The van der Waals surface area contributed by atoms with Gasteiger partial charge in [0.25, 0.3) is 0 Å². The highest BCUT2D eigenvalue weighted by atomic mass is 79.9. The Kier molecular flexibility index (Phi) is 4.31. The molecule has 2 aromatic heterocycles. The predicted molar refractivity (Wildman–Crippen MR) is 85.2 cm³/mol. The Hall–Kier alpha value is -1.99. The third-order valence-electron chi connectivity index (χ3n) is 3.89. The number of hydrogen-bond donors (Lipinski definition) is 6. The van der Waals surface area contributed by atoms with E-state index in [1.165, 1.54) is 10.9 Å². The van der Waals surface area contributed by atoms with Crippen LogP contribution >= 0.6 is 15.9 Å². The van der Waals surface area contributed by atoms with Gasteiger partial charge in [-0.3, -0.25) is 4.57 Å². The van der Waals surface area contributed by atoms with Gasteiger partial charge in [-0.15, -0.1) is 0 Å². The van der Waals surface area contributed by atoms with Gasteiger partial charge in [-0.05, 0) is 15.9 Å². The van der Waals surface area contributed by atoms with Crippen molar-refractivity contribution in [2.24, 2.45) is 10.9 Å². The Bertz CT molecular complexity index is 811. The van der Waals surface area contributed by atoms with Gasteiger partial charge in [0.15, 0.2) is 12.1 Å². The zero-order valence-corrected chi connectivity index (χ0v) is 13.7. The van der Waals surface area contributed by atoms with Crippen LogP contribution in [0.15, 0.2) is 16.1 Å². The second kappa shape index (κ2) is 6.14. The van der Waals surface area contributed by atoms with Crippen LogP contribution in [0.2, 0.25) is 0 Å². The zero-order chi connectivity index (χ0) is 17.6. The SMILES string of the molecule is N/C(=N\O)c1c(Br)n(C2OC(CO)C(O)C2O)c2ncnc(N)c12. The number of aliphatic hydroxyl groups is 3. The van der Waals surface area contributed by atoms with Crippen LogP contribution in [0, 0.1) is 0 Å². The van der Waals surface area contributed by atoms with Crippen molar-refractivity contribution in [1.29, 1.82) is 0 Å². The maximum Gasteiger partial charge on any atom is 0.173 e. The molecular weight excluding hydrogens is 388 g/mol. The number of anilines is 1. The van der Waals surface area contributed by atoms with E-state index in [2.05, 4.69) is 31.1 Å². The Morgan fingerprint density at radius 2 is 2.08 bits per heavy atom. The molecule has 0 amide bonds.